The fourth-order valence-corrected chi connectivity index (χ4v) is 3.60. The molecule has 1 aliphatic rings. The van der Waals surface area contributed by atoms with Crippen LogP contribution < -0.4 is 5.32 Å². The first-order valence-corrected chi connectivity index (χ1v) is 8.45. The molecule has 2 aromatic heterocycles. The maximum Gasteiger partial charge on any atom is 0.193 e. The summed E-state index contributed by atoms with van der Waals surface area (Å²) in [5, 5.41) is 5.76. The topological polar surface area (TPSA) is 38.6 Å². The second kappa shape index (κ2) is 6.70. The summed E-state index contributed by atoms with van der Waals surface area (Å²) < 4.78 is 7.62. The minimum absolute atomic E-state index is 0.520. The quantitative estimate of drug-likeness (QED) is 0.853. The predicted molar refractivity (Wildman–Crippen MR) is 82.4 cm³/mol. The van der Waals surface area contributed by atoms with Crippen molar-refractivity contribution in [3.05, 3.63) is 23.5 Å². The molecule has 0 bridgehead atoms. The largest absolute Gasteiger partial charge is 0.381 e. The third-order valence-corrected chi connectivity index (χ3v) is 4.69. The van der Waals surface area contributed by atoms with Crippen molar-refractivity contribution >= 4 is 16.3 Å². The van der Waals surface area contributed by atoms with Crippen molar-refractivity contribution in [2.24, 2.45) is 5.92 Å². The smallest absolute Gasteiger partial charge is 0.193 e. The van der Waals surface area contributed by atoms with Crippen LogP contribution in [0, 0.1) is 5.92 Å². The summed E-state index contributed by atoms with van der Waals surface area (Å²) in [7, 11) is 0. The van der Waals surface area contributed by atoms with Gasteiger partial charge >= 0.3 is 0 Å². The van der Waals surface area contributed by atoms with Crippen molar-refractivity contribution in [2.75, 3.05) is 19.8 Å². The van der Waals surface area contributed by atoms with E-state index in [1.807, 2.05) is 0 Å². The Balaban J connectivity index is 1.63. The molecule has 3 rings (SSSR count). The molecule has 1 fully saturated rings. The fourth-order valence-electron chi connectivity index (χ4n) is 2.89. The van der Waals surface area contributed by atoms with Crippen LogP contribution in [-0.4, -0.2) is 35.2 Å². The lowest BCUT2D eigenvalue weighted by Crippen LogP contribution is -2.34. The van der Waals surface area contributed by atoms with E-state index in [1.54, 1.807) is 11.3 Å². The van der Waals surface area contributed by atoms with Crippen molar-refractivity contribution in [2.45, 2.75) is 38.6 Å². The maximum atomic E-state index is 5.50. The number of hydrogen-bond acceptors (Lipinski definition) is 4. The molecule has 5 heteroatoms. The van der Waals surface area contributed by atoms with E-state index in [-0.39, 0.29) is 0 Å². The molecule has 0 aliphatic carbocycles. The molecule has 20 heavy (non-hydrogen) atoms. The highest BCUT2D eigenvalue weighted by Gasteiger charge is 2.21. The number of fused-ring (bicyclic) bond motifs is 1. The molecular formula is C15H23N3OS. The van der Waals surface area contributed by atoms with E-state index < -0.39 is 0 Å². The number of rotatable bonds is 7. The zero-order chi connectivity index (χ0) is 13.8. The molecule has 1 saturated heterocycles. The zero-order valence-corrected chi connectivity index (χ0v) is 12.9. The lowest BCUT2D eigenvalue weighted by molar-refractivity contribution is 0.181. The number of imidazole rings is 1. The van der Waals surface area contributed by atoms with E-state index in [1.165, 1.54) is 25.0 Å². The minimum atomic E-state index is 0.520. The zero-order valence-electron chi connectivity index (χ0n) is 12.0. The summed E-state index contributed by atoms with van der Waals surface area (Å²) >= 11 is 1.70. The first-order valence-electron chi connectivity index (χ1n) is 7.57. The molecule has 1 aliphatic heterocycles. The van der Waals surface area contributed by atoms with Gasteiger partial charge in [0, 0.05) is 43.5 Å². The Kier molecular flexibility index (Phi) is 4.70. The van der Waals surface area contributed by atoms with Crippen LogP contribution in [0.4, 0.5) is 0 Å². The second-order valence-electron chi connectivity index (χ2n) is 5.65. The summed E-state index contributed by atoms with van der Waals surface area (Å²) in [6, 6.07) is 0.520. The molecule has 1 N–H and O–H groups in total. The molecule has 0 amide bonds. The number of thiazole rings is 1. The Morgan fingerprint density at radius 1 is 1.60 bits per heavy atom. The molecule has 4 nitrogen and oxygen atoms in total. The Morgan fingerprint density at radius 2 is 2.55 bits per heavy atom. The van der Waals surface area contributed by atoms with Gasteiger partial charge in [0.15, 0.2) is 4.96 Å². The van der Waals surface area contributed by atoms with Gasteiger partial charge in [-0.15, -0.1) is 11.3 Å². The fraction of sp³-hybridized carbons (Fsp3) is 0.667. The number of ether oxygens (including phenoxy) is 1. The molecule has 2 aromatic rings. The maximum absolute atomic E-state index is 5.50. The Morgan fingerprint density at radius 3 is 3.30 bits per heavy atom. The SMILES string of the molecule is CCCNC(Cc1cn2ccsc2n1)CC1CCOC1. The third-order valence-electron chi connectivity index (χ3n) is 3.92. The van der Waals surface area contributed by atoms with Gasteiger partial charge in [-0.2, -0.15) is 0 Å². The Hall–Kier alpha value is -0.910. The van der Waals surface area contributed by atoms with Gasteiger partial charge in [-0.3, -0.25) is 4.40 Å². The van der Waals surface area contributed by atoms with E-state index in [2.05, 4.69) is 34.4 Å². The first-order chi connectivity index (χ1) is 9.85. The van der Waals surface area contributed by atoms with Crippen LogP contribution in [0.2, 0.25) is 0 Å². The molecule has 3 heterocycles. The van der Waals surface area contributed by atoms with Crippen molar-refractivity contribution in [1.29, 1.82) is 0 Å². The van der Waals surface area contributed by atoms with Crippen molar-refractivity contribution in [3.8, 4) is 0 Å². The number of nitrogens with zero attached hydrogens (tertiary/aromatic N) is 2. The number of nitrogens with one attached hydrogen (secondary N) is 1. The molecular weight excluding hydrogens is 270 g/mol. The van der Waals surface area contributed by atoms with Crippen LogP contribution >= 0.6 is 11.3 Å². The van der Waals surface area contributed by atoms with Crippen LogP contribution in [-0.2, 0) is 11.2 Å². The van der Waals surface area contributed by atoms with E-state index >= 15 is 0 Å². The summed E-state index contributed by atoms with van der Waals surface area (Å²) in [6.07, 6.45) is 8.85. The van der Waals surface area contributed by atoms with Crippen LogP contribution in [0.15, 0.2) is 17.8 Å². The van der Waals surface area contributed by atoms with Gasteiger partial charge in [-0.25, -0.2) is 4.98 Å². The molecule has 2 atom stereocenters. The van der Waals surface area contributed by atoms with Gasteiger partial charge in [0.1, 0.15) is 0 Å². The summed E-state index contributed by atoms with van der Waals surface area (Å²) in [5.41, 5.74) is 1.20. The average Bonchev–Trinajstić information content (AvgIpc) is 3.12. The highest BCUT2D eigenvalue weighted by Crippen LogP contribution is 2.20. The second-order valence-corrected chi connectivity index (χ2v) is 6.52. The lowest BCUT2D eigenvalue weighted by Gasteiger charge is -2.20. The van der Waals surface area contributed by atoms with Gasteiger partial charge in [-0.1, -0.05) is 6.92 Å². The Labute approximate surface area is 124 Å². The van der Waals surface area contributed by atoms with Crippen LogP contribution in [0.3, 0.4) is 0 Å². The predicted octanol–water partition coefficient (Wildman–Crippen LogP) is 2.73. The lowest BCUT2D eigenvalue weighted by atomic mass is 9.96. The van der Waals surface area contributed by atoms with Crippen molar-refractivity contribution < 1.29 is 4.74 Å². The minimum Gasteiger partial charge on any atom is -0.381 e. The first kappa shape index (κ1) is 14.0. The van der Waals surface area contributed by atoms with E-state index in [0.717, 1.165) is 31.1 Å². The average molecular weight is 293 g/mol. The standard InChI is InChI=1S/C15H23N3OS/c1-2-4-16-13(8-12-3-6-19-11-12)9-14-10-18-5-7-20-15(18)17-14/h5,7,10,12-13,16H,2-4,6,8-9,11H2,1H3. The molecule has 0 spiro atoms. The van der Waals surface area contributed by atoms with Crippen LogP contribution in [0.5, 0.6) is 0 Å². The summed E-state index contributed by atoms with van der Waals surface area (Å²) in [4.78, 5) is 5.80. The van der Waals surface area contributed by atoms with Gasteiger partial charge in [0.25, 0.3) is 0 Å². The molecule has 0 aromatic carbocycles. The monoisotopic (exact) mass is 293 g/mol. The highest BCUT2D eigenvalue weighted by atomic mass is 32.1. The van der Waals surface area contributed by atoms with Crippen molar-refractivity contribution in [3.63, 3.8) is 0 Å². The van der Waals surface area contributed by atoms with Gasteiger partial charge in [-0.05, 0) is 31.7 Å². The van der Waals surface area contributed by atoms with Gasteiger partial charge in [0.2, 0.25) is 0 Å². The normalized spacial score (nSPS) is 20.8. The molecule has 0 saturated carbocycles. The summed E-state index contributed by atoms with van der Waals surface area (Å²) in [6.45, 7) is 5.17. The number of aromatic nitrogens is 2. The van der Waals surface area contributed by atoms with Gasteiger partial charge in [0.05, 0.1) is 5.69 Å². The van der Waals surface area contributed by atoms with E-state index in [0.29, 0.717) is 12.0 Å². The molecule has 0 radical (unpaired) electrons. The molecule has 110 valence electrons. The van der Waals surface area contributed by atoms with E-state index in [9.17, 15) is 0 Å². The summed E-state index contributed by atoms with van der Waals surface area (Å²) in [5.74, 6) is 0.716. The Bertz CT molecular complexity index is 501. The third kappa shape index (κ3) is 3.40. The highest BCUT2D eigenvalue weighted by molar-refractivity contribution is 7.15. The van der Waals surface area contributed by atoms with E-state index in [4.69, 9.17) is 9.72 Å². The van der Waals surface area contributed by atoms with Gasteiger partial charge < -0.3 is 10.1 Å². The van der Waals surface area contributed by atoms with Crippen molar-refractivity contribution in [1.82, 2.24) is 14.7 Å². The van der Waals surface area contributed by atoms with Crippen LogP contribution in [0.1, 0.15) is 31.9 Å². The number of hydrogen-bond donors (Lipinski definition) is 1. The van der Waals surface area contributed by atoms with Crippen LogP contribution in [0.25, 0.3) is 4.96 Å². The molecule has 2 unspecified atom stereocenters.